The molecule has 0 aliphatic carbocycles. The number of imidazole rings is 1. The van der Waals surface area contributed by atoms with Gasteiger partial charge in [0.05, 0.1) is 5.56 Å². The van der Waals surface area contributed by atoms with Crippen LogP contribution in [0.5, 0.6) is 0 Å². The molecular weight excluding hydrogens is 238 g/mol. The number of nitrogens with zero attached hydrogens (tertiary/aromatic N) is 2. The highest BCUT2D eigenvalue weighted by Gasteiger charge is 2.11. The van der Waals surface area contributed by atoms with E-state index in [-0.39, 0.29) is 5.91 Å². The first-order chi connectivity index (χ1) is 9.24. The third kappa shape index (κ3) is 2.20. The molecule has 0 atom stereocenters. The molecule has 0 fully saturated rings. The molecule has 0 bridgehead atoms. The average Bonchev–Trinajstić information content (AvgIpc) is 2.89. The zero-order valence-corrected chi connectivity index (χ0v) is 10.5. The van der Waals surface area contributed by atoms with Gasteiger partial charge in [-0.15, -0.1) is 0 Å². The van der Waals surface area contributed by atoms with Crippen molar-refractivity contribution in [2.45, 2.75) is 6.92 Å². The molecule has 1 aromatic carbocycles. The third-order valence-corrected chi connectivity index (χ3v) is 2.97. The largest absolute Gasteiger partial charge is 0.322 e. The number of anilines is 1. The molecule has 19 heavy (non-hydrogen) atoms. The van der Waals surface area contributed by atoms with Crippen LogP contribution in [0.2, 0.25) is 0 Å². The van der Waals surface area contributed by atoms with Crippen LogP contribution in [0.15, 0.2) is 55.0 Å². The van der Waals surface area contributed by atoms with Crippen molar-refractivity contribution in [3.05, 3.63) is 66.1 Å². The molecule has 94 valence electrons. The van der Waals surface area contributed by atoms with Crippen molar-refractivity contribution in [3.63, 3.8) is 0 Å². The summed E-state index contributed by atoms with van der Waals surface area (Å²) < 4.78 is 1.82. The van der Waals surface area contributed by atoms with Gasteiger partial charge in [0.15, 0.2) is 0 Å². The summed E-state index contributed by atoms with van der Waals surface area (Å²) in [6.07, 6.45) is 5.36. The fourth-order valence-electron chi connectivity index (χ4n) is 1.96. The molecule has 0 unspecified atom stereocenters. The Labute approximate surface area is 110 Å². The first-order valence-electron chi connectivity index (χ1n) is 6.04. The maximum absolute atomic E-state index is 12.2. The van der Waals surface area contributed by atoms with Gasteiger partial charge in [-0.2, -0.15) is 0 Å². The van der Waals surface area contributed by atoms with E-state index in [1.54, 1.807) is 12.3 Å². The van der Waals surface area contributed by atoms with Crippen LogP contribution in [0.3, 0.4) is 0 Å². The van der Waals surface area contributed by atoms with Crippen LogP contribution in [-0.2, 0) is 0 Å². The van der Waals surface area contributed by atoms with Crippen LogP contribution in [0.1, 0.15) is 15.9 Å². The number of aromatic nitrogens is 2. The van der Waals surface area contributed by atoms with Crippen LogP contribution in [0.25, 0.3) is 5.65 Å². The molecule has 0 radical (unpaired) electrons. The summed E-state index contributed by atoms with van der Waals surface area (Å²) in [6.45, 7) is 2.01. The summed E-state index contributed by atoms with van der Waals surface area (Å²) >= 11 is 0. The SMILES string of the molecule is Cc1ccc(NC(=O)c2cccn3ccnc23)cc1. The van der Waals surface area contributed by atoms with Gasteiger partial charge in [-0.05, 0) is 31.2 Å². The smallest absolute Gasteiger partial charge is 0.259 e. The quantitative estimate of drug-likeness (QED) is 0.761. The second kappa shape index (κ2) is 4.57. The molecule has 2 heterocycles. The number of benzene rings is 1. The van der Waals surface area contributed by atoms with Gasteiger partial charge in [0, 0.05) is 24.3 Å². The van der Waals surface area contributed by atoms with Crippen molar-refractivity contribution in [1.82, 2.24) is 9.38 Å². The number of pyridine rings is 1. The molecule has 0 aliphatic heterocycles. The lowest BCUT2D eigenvalue weighted by Crippen LogP contribution is -2.13. The van der Waals surface area contributed by atoms with Gasteiger partial charge in [0.25, 0.3) is 5.91 Å². The highest BCUT2D eigenvalue weighted by Crippen LogP contribution is 2.13. The fraction of sp³-hybridized carbons (Fsp3) is 0.0667. The van der Waals surface area contributed by atoms with Gasteiger partial charge in [0.1, 0.15) is 5.65 Å². The van der Waals surface area contributed by atoms with Crippen molar-refractivity contribution in [1.29, 1.82) is 0 Å². The Morgan fingerprint density at radius 3 is 2.74 bits per heavy atom. The lowest BCUT2D eigenvalue weighted by molar-refractivity contribution is 0.102. The molecule has 2 aromatic heterocycles. The summed E-state index contributed by atoms with van der Waals surface area (Å²) in [4.78, 5) is 16.4. The summed E-state index contributed by atoms with van der Waals surface area (Å²) in [7, 11) is 0. The van der Waals surface area contributed by atoms with Crippen molar-refractivity contribution in [2.75, 3.05) is 5.32 Å². The van der Waals surface area contributed by atoms with Crippen LogP contribution < -0.4 is 5.32 Å². The van der Waals surface area contributed by atoms with Crippen molar-refractivity contribution < 1.29 is 4.79 Å². The zero-order valence-electron chi connectivity index (χ0n) is 10.5. The van der Waals surface area contributed by atoms with Gasteiger partial charge < -0.3 is 9.72 Å². The molecule has 0 saturated heterocycles. The van der Waals surface area contributed by atoms with Crippen molar-refractivity contribution in [2.24, 2.45) is 0 Å². The fourth-order valence-corrected chi connectivity index (χ4v) is 1.96. The number of hydrogen-bond acceptors (Lipinski definition) is 2. The molecule has 4 heteroatoms. The van der Waals surface area contributed by atoms with E-state index in [1.807, 2.05) is 54.0 Å². The second-order valence-electron chi connectivity index (χ2n) is 4.40. The Morgan fingerprint density at radius 1 is 1.16 bits per heavy atom. The topological polar surface area (TPSA) is 46.4 Å². The van der Waals surface area contributed by atoms with Crippen molar-refractivity contribution in [3.8, 4) is 0 Å². The van der Waals surface area contributed by atoms with Crippen molar-refractivity contribution >= 4 is 17.2 Å². The number of nitrogens with one attached hydrogen (secondary N) is 1. The standard InChI is InChI=1S/C15H13N3O/c1-11-4-6-12(7-5-11)17-15(19)13-3-2-9-18-10-8-16-14(13)18/h2-10H,1H3,(H,17,19). The Hall–Kier alpha value is -2.62. The van der Waals surface area contributed by atoms with Crippen LogP contribution in [-0.4, -0.2) is 15.3 Å². The zero-order chi connectivity index (χ0) is 13.2. The minimum Gasteiger partial charge on any atom is -0.322 e. The molecule has 1 amide bonds. The van der Waals surface area contributed by atoms with E-state index in [0.29, 0.717) is 11.2 Å². The van der Waals surface area contributed by atoms with E-state index < -0.39 is 0 Å². The molecular formula is C15H13N3O. The van der Waals surface area contributed by atoms with E-state index in [4.69, 9.17) is 0 Å². The van der Waals surface area contributed by atoms with Crippen LogP contribution in [0, 0.1) is 6.92 Å². The van der Waals surface area contributed by atoms with Crippen LogP contribution in [0.4, 0.5) is 5.69 Å². The Morgan fingerprint density at radius 2 is 1.95 bits per heavy atom. The predicted molar refractivity (Wildman–Crippen MR) is 74.3 cm³/mol. The molecule has 3 rings (SSSR count). The first kappa shape index (κ1) is 11.5. The molecule has 0 spiro atoms. The summed E-state index contributed by atoms with van der Waals surface area (Å²) in [5, 5.41) is 2.88. The molecule has 4 nitrogen and oxygen atoms in total. The molecule has 1 N–H and O–H groups in total. The number of aryl methyl sites for hydroxylation is 1. The summed E-state index contributed by atoms with van der Waals surface area (Å²) in [6, 6.07) is 11.3. The normalized spacial score (nSPS) is 10.6. The maximum atomic E-state index is 12.2. The number of carbonyl (C=O) groups excluding carboxylic acids is 1. The second-order valence-corrected chi connectivity index (χ2v) is 4.40. The third-order valence-electron chi connectivity index (χ3n) is 2.97. The lowest BCUT2D eigenvalue weighted by atomic mass is 10.2. The number of hydrogen-bond donors (Lipinski definition) is 1. The van der Waals surface area contributed by atoms with E-state index in [2.05, 4.69) is 10.3 Å². The minimum atomic E-state index is -0.152. The number of amides is 1. The van der Waals surface area contributed by atoms with Gasteiger partial charge >= 0.3 is 0 Å². The van der Waals surface area contributed by atoms with Gasteiger partial charge in [-0.25, -0.2) is 4.98 Å². The Balaban J connectivity index is 1.92. The van der Waals surface area contributed by atoms with E-state index in [9.17, 15) is 4.79 Å². The molecule has 0 saturated carbocycles. The minimum absolute atomic E-state index is 0.152. The monoisotopic (exact) mass is 251 g/mol. The highest BCUT2D eigenvalue weighted by molar-refractivity contribution is 6.08. The number of carbonyl (C=O) groups is 1. The lowest BCUT2D eigenvalue weighted by Gasteiger charge is -2.06. The summed E-state index contributed by atoms with van der Waals surface area (Å²) in [5.74, 6) is -0.152. The highest BCUT2D eigenvalue weighted by atomic mass is 16.1. The van der Waals surface area contributed by atoms with Crippen LogP contribution >= 0.6 is 0 Å². The van der Waals surface area contributed by atoms with Gasteiger partial charge in [-0.1, -0.05) is 17.7 Å². The first-order valence-corrected chi connectivity index (χ1v) is 6.04. The Kier molecular flexibility index (Phi) is 2.76. The molecule has 3 aromatic rings. The van der Waals surface area contributed by atoms with Gasteiger partial charge in [-0.3, -0.25) is 4.79 Å². The predicted octanol–water partition coefficient (Wildman–Crippen LogP) is 2.90. The number of rotatable bonds is 2. The number of fused-ring (bicyclic) bond motifs is 1. The Bertz CT molecular complexity index is 728. The molecule has 0 aliphatic rings. The summed E-state index contributed by atoms with van der Waals surface area (Å²) in [5.41, 5.74) is 3.16. The maximum Gasteiger partial charge on any atom is 0.259 e. The van der Waals surface area contributed by atoms with E-state index >= 15 is 0 Å². The van der Waals surface area contributed by atoms with E-state index in [0.717, 1.165) is 11.3 Å². The average molecular weight is 251 g/mol. The van der Waals surface area contributed by atoms with Gasteiger partial charge in [0.2, 0.25) is 0 Å². The van der Waals surface area contributed by atoms with E-state index in [1.165, 1.54) is 0 Å².